The maximum Gasteiger partial charge on any atom is 0.309 e. The number of hydrogen-bond donors (Lipinski definition) is 1. The number of rotatable bonds is 6. The molecule has 0 aromatic heterocycles. The van der Waals surface area contributed by atoms with E-state index in [1.54, 1.807) is 0 Å². The second-order valence-electron chi connectivity index (χ2n) is 5.28. The molecule has 21 heavy (non-hydrogen) atoms. The Kier molecular flexibility index (Phi) is 5.44. The van der Waals surface area contributed by atoms with Crippen molar-refractivity contribution in [3.8, 4) is 11.5 Å². The minimum Gasteiger partial charge on any atom is -0.486 e. The van der Waals surface area contributed by atoms with Crippen molar-refractivity contribution < 1.29 is 19.0 Å². The Hall–Kier alpha value is -1.75. The fraction of sp³-hybridized carbons (Fsp3) is 0.562. The number of carbonyl (C=O) groups excluding carboxylic acids is 1. The lowest BCUT2D eigenvalue weighted by atomic mass is 10.0. The van der Waals surface area contributed by atoms with Gasteiger partial charge >= 0.3 is 5.97 Å². The highest BCUT2D eigenvalue weighted by atomic mass is 16.6. The van der Waals surface area contributed by atoms with Crippen molar-refractivity contribution in [2.45, 2.75) is 26.3 Å². The molecule has 1 N–H and O–H groups in total. The predicted molar refractivity (Wildman–Crippen MR) is 79.8 cm³/mol. The van der Waals surface area contributed by atoms with Crippen LogP contribution in [0.4, 0.5) is 0 Å². The zero-order valence-electron chi connectivity index (χ0n) is 12.8. The van der Waals surface area contributed by atoms with Gasteiger partial charge < -0.3 is 19.5 Å². The molecule has 1 aliphatic rings. The molecule has 1 aliphatic heterocycles. The molecule has 0 bridgehead atoms. The summed E-state index contributed by atoms with van der Waals surface area (Å²) in [6.07, 6.45) is 0.870. The van der Waals surface area contributed by atoms with Crippen molar-refractivity contribution >= 4 is 5.97 Å². The van der Waals surface area contributed by atoms with Gasteiger partial charge in [-0.05, 0) is 37.6 Å². The van der Waals surface area contributed by atoms with Crippen LogP contribution in [0.1, 0.15) is 19.4 Å². The second kappa shape index (κ2) is 7.31. The molecule has 2 atom stereocenters. The third kappa shape index (κ3) is 4.11. The molecule has 0 spiro atoms. The van der Waals surface area contributed by atoms with Gasteiger partial charge in [-0.2, -0.15) is 0 Å². The highest BCUT2D eigenvalue weighted by Gasteiger charge is 2.20. The Morgan fingerprint density at radius 1 is 1.29 bits per heavy atom. The zero-order valence-corrected chi connectivity index (χ0v) is 12.8. The third-order valence-corrected chi connectivity index (χ3v) is 3.81. The maximum atomic E-state index is 11.5. The summed E-state index contributed by atoms with van der Waals surface area (Å²) in [6.45, 7) is 5.86. The second-order valence-corrected chi connectivity index (χ2v) is 5.28. The van der Waals surface area contributed by atoms with Crippen molar-refractivity contribution in [1.29, 1.82) is 0 Å². The first-order valence-electron chi connectivity index (χ1n) is 7.31. The smallest absolute Gasteiger partial charge is 0.309 e. The van der Waals surface area contributed by atoms with Gasteiger partial charge in [-0.3, -0.25) is 4.79 Å². The molecular weight excluding hydrogens is 270 g/mol. The molecule has 116 valence electrons. The zero-order chi connectivity index (χ0) is 15.2. The van der Waals surface area contributed by atoms with Crippen molar-refractivity contribution in [2.75, 3.05) is 26.9 Å². The van der Waals surface area contributed by atoms with E-state index in [0.717, 1.165) is 24.5 Å². The number of ether oxygens (including phenoxy) is 3. The largest absolute Gasteiger partial charge is 0.486 e. The quantitative estimate of drug-likeness (QED) is 0.810. The molecule has 0 saturated heterocycles. The van der Waals surface area contributed by atoms with E-state index in [2.05, 4.69) is 5.32 Å². The summed E-state index contributed by atoms with van der Waals surface area (Å²) in [6, 6.07) is 6.09. The van der Waals surface area contributed by atoms with E-state index >= 15 is 0 Å². The highest BCUT2D eigenvalue weighted by molar-refractivity contribution is 5.72. The summed E-state index contributed by atoms with van der Waals surface area (Å²) in [5.41, 5.74) is 1.18. The fourth-order valence-corrected chi connectivity index (χ4v) is 2.25. The number of fused-ring (bicyclic) bond motifs is 1. The molecule has 0 saturated carbocycles. The lowest BCUT2D eigenvalue weighted by molar-refractivity contribution is -0.145. The van der Waals surface area contributed by atoms with Gasteiger partial charge in [0, 0.05) is 6.04 Å². The van der Waals surface area contributed by atoms with Crippen molar-refractivity contribution in [3.63, 3.8) is 0 Å². The first-order chi connectivity index (χ1) is 10.1. The number of benzene rings is 1. The van der Waals surface area contributed by atoms with Gasteiger partial charge in [-0.1, -0.05) is 13.0 Å². The summed E-state index contributed by atoms with van der Waals surface area (Å²) >= 11 is 0. The number of hydrogen-bond acceptors (Lipinski definition) is 5. The summed E-state index contributed by atoms with van der Waals surface area (Å²) in [7, 11) is 1.42. The van der Waals surface area contributed by atoms with Crippen molar-refractivity contribution in [1.82, 2.24) is 5.32 Å². The minimum atomic E-state index is -0.186. The van der Waals surface area contributed by atoms with Crippen LogP contribution >= 0.6 is 0 Å². The van der Waals surface area contributed by atoms with Crippen LogP contribution in [0.25, 0.3) is 0 Å². The Morgan fingerprint density at radius 2 is 2.00 bits per heavy atom. The van der Waals surface area contributed by atoms with E-state index < -0.39 is 0 Å². The molecule has 2 rings (SSSR count). The molecule has 5 nitrogen and oxygen atoms in total. The van der Waals surface area contributed by atoms with E-state index in [-0.39, 0.29) is 17.9 Å². The molecule has 1 aromatic carbocycles. The van der Waals surface area contributed by atoms with Crippen LogP contribution in [-0.4, -0.2) is 38.9 Å². The summed E-state index contributed by atoms with van der Waals surface area (Å²) in [5, 5.41) is 3.35. The SMILES string of the molecule is COC(=O)C(C)C(C)NCCc1ccc2c(c1)OCCO2. The van der Waals surface area contributed by atoms with E-state index in [1.165, 1.54) is 12.7 Å². The van der Waals surface area contributed by atoms with Gasteiger partial charge in [-0.25, -0.2) is 0 Å². The van der Waals surface area contributed by atoms with E-state index in [1.807, 2.05) is 32.0 Å². The number of methoxy groups -OCH3 is 1. The lowest BCUT2D eigenvalue weighted by Gasteiger charge is -2.20. The van der Waals surface area contributed by atoms with Gasteiger partial charge in [0.15, 0.2) is 11.5 Å². The molecule has 0 fully saturated rings. The van der Waals surface area contributed by atoms with Crippen LogP contribution in [-0.2, 0) is 16.0 Å². The Bertz CT molecular complexity index is 489. The van der Waals surface area contributed by atoms with Crippen LogP contribution < -0.4 is 14.8 Å². The van der Waals surface area contributed by atoms with Crippen LogP contribution in [0.5, 0.6) is 11.5 Å². The van der Waals surface area contributed by atoms with E-state index in [9.17, 15) is 4.79 Å². The first kappa shape index (κ1) is 15.6. The Morgan fingerprint density at radius 3 is 2.71 bits per heavy atom. The van der Waals surface area contributed by atoms with E-state index in [0.29, 0.717) is 13.2 Å². The number of nitrogens with one attached hydrogen (secondary N) is 1. The first-order valence-corrected chi connectivity index (χ1v) is 7.31. The predicted octanol–water partition coefficient (Wildman–Crippen LogP) is 1.79. The molecule has 1 aromatic rings. The van der Waals surface area contributed by atoms with Crippen molar-refractivity contribution in [2.24, 2.45) is 5.92 Å². The Balaban J connectivity index is 1.82. The summed E-state index contributed by atoms with van der Waals surface area (Å²) < 4.78 is 15.8. The van der Waals surface area contributed by atoms with Gasteiger partial charge in [0.1, 0.15) is 13.2 Å². The Labute approximate surface area is 125 Å². The summed E-state index contributed by atoms with van der Waals surface area (Å²) in [4.78, 5) is 11.5. The number of carbonyl (C=O) groups is 1. The van der Waals surface area contributed by atoms with Gasteiger partial charge in [0.25, 0.3) is 0 Å². The standard InChI is InChI=1S/C16H23NO4/c1-11(16(18)19-3)12(2)17-7-6-13-4-5-14-15(10-13)21-9-8-20-14/h4-5,10-12,17H,6-9H2,1-3H3. The van der Waals surface area contributed by atoms with Crippen LogP contribution in [0, 0.1) is 5.92 Å². The molecule has 0 aliphatic carbocycles. The lowest BCUT2D eigenvalue weighted by Crippen LogP contribution is -2.37. The van der Waals surface area contributed by atoms with Gasteiger partial charge in [0.2, 0.25) is 0 Å². The van der Waals surface area contributed by atoms with Crippen LogP contribution in [0.15, 0.2) is 18.2 Å². The summed E-state index contributed by atoms with van der Waals surface area (Å²) in [5.74, 6) is 1.28. The van der Waals surface area contributed by atoms with Crippen LogP contribution in [0.2, 0.25) is 0 Å². The third-order valence-electron chi connectivity index (χ3n) is 3.81. The normalized spacial score (nSPS) is 16.1. The van der Waals surface area contributed by atoms with Crippen LogP contribution in [0.3, 0.4) is 0 Å². The molecule has 2 unspecified atom stereocenters. The van der Waals surface area contributed by atoms with Gasteiger partial charge in [-0.15, -0.1) is 0 Å². The van der Waals surface area contributed by atoms with Crippen molar-refractivity contribution in [3.05, 3.63) is 23.8 Å². The number of esters is 1. The fourth-order valence-electron chi connectivity index (χ4n) is 2.25. The molecule has 0 radical (unpaired) electrons. The monoisotopic (exact) mass is 293 g/mol. The van der Waals surface area contributed by atoms with E-state index in [4.69, 9.17) is 14.2 Å². The molecule has 5 heteroatoms. The minimum absolute atomic E-state index is 0.0784. The average Bonchev–Trinajstić information content (AvgIpc) is 2.53. The molecule has 1 heterocycles. The molecular formula is C16H23NO4. The highest BCUT2D eigenvalue weighted by Crippen LogP contribution is 2.30. The molecule has 0 amide bonds. The topological polar surface area (TPSA) is 56.8 Å². The van der Waals surface area contributed by atoms with Gasteiger partial charge in [0.05, 0.1) is 13.0 Å². The average molecular weight is 293 g/mol. The maximum absolute atomic E-state index is 11.5.